The number of hydrogen-bond acceptors (Lipinski definition) is 5. The Balaban J connectivity index is 1.75. The zero-order chi connectivity index (χ0) is 20.8. The molecule has 0 aliphatic rings. The molecule has 0 radical (unpaired) electrons. The molecular formula is C22H17BrN2O4. The zero-order valence-electron chi connectivity index (χ0n) is 15.4. The summed E-state index contributed by atoms with van der Waals surface area (Å²) in [7, 11) is 0. The number of halogens is 1. The Bertz CT molecular complexity index is 1080. The van der Waals surface area contributed by atoms with Gasteiger partial charge in [0, 0.05) is 15.6 Å². The quantitative estimate of drug-likeness (QED) is 0.259. The Morgan fingerprint density at radius 3 is 2.52 bits per heavy atom. The van der Waals surface area contributed by atoms with Crippen molar-refractivity contribution in [1.29, 1.82) is 0 Å². The number of nitrogens with one attached hydrogen (secondary N) is 1. The van der Waals surface area contributed by atoms with E-state index in [-0.39, 0.29) is 5.75 Å². The van der Waals surface area contributed by atoms with Gasteiger partial charge in [0.05, 0.1) is 11.8 Å². The monoisotopic (exact) mass is 452 g/mol. The second-order valence-corrected chi connectivity index (χ2v) is 7.05. The van der Waals surface area contributed by atoms with Crippen LogP contribution in [-0.4, -0.2) is 23.2 Å². The highest BCUT2D eigenvalue weighted by Gasteiger charge is 2.13. The van der Waals surface area contributed by atoms with Gasteiger partial charge in [0.15, 0.2) is 0 Å². The van der Waals surface area contributed by atoms with E-state index in [0.717, 1.165) is 10.0 Å². The van der Waals surface area contributed by atoms with Crippen LogP contribution in [0.4, 0.5) is 0 Å². The lowest BCUT2D eigenvalue weighted by molar-refractivity contribution is 0.0733. The molecular weight excluding hydrogens is 436 g/mol. The smallest absolute Gasteiger partial charge is 0.343 e. The number of nitrogens with zero attached hydrogens (tertiary/aromatic N) is 1. The molecule has 6 nitrogen and oxygen atoms in total. The Labute approximate surface area is 176 Å². The second-order valence-electron chi connectivity index (χ2n) is 6.13. The van der Waals surface area contributed by atoms with Gasteiger partial charge in [-0.2, -0.15) is 5.10 Å². The summed E-state index contributed by atoms with van der Waals surface area (Å²) < 4.78 is 6.29. The summed E-state index contributed by atoms with van der Waals surface area (Å²) in [5.41, 5.74) is 4.54. The van der Waals surface area contributed by atoms with Gasteiger partial charge >= 0.3 is 5.97 Å². The van der Waals surface area contributed by atoms with E-state index in [2.05, 4.69) is 26.5 Å². The van der Waals surface area contributed by atoms with E-state index >= 15 is 0 Å². The molecule has 7 heteroatoms. The van der Waals surface area contributed by atoms with Gasteiger partial charge in [-0.3, -0.25) is 4.79 Å². The zero-order valence-corrected chi connectivity index (χ0v) is 17.0. The van der Waals surface area contributed by atoms with Crippen LogP contribution in [0.1, 0.15) is 31.8 Å². The number of amides is 1. The first-order chi connectivity index (χ1) is 13.9. The van der Waals surface area contributed by atoms with Crippen LogP contribution in [0, 0.1) is 6.92 Å². The summed E-state index contributed by atoms with van der Waals surface area (Å²) in [4.78, 5) is 24.6. The van der Waals surface area contributed by atoms with E-state index in [9.17, 15) is 14.7 Å². The first kappa shape index (κ1) is 20.3. The topological polar surface area (TPSA) is 88.0 Å². The number of phenolic OH excluding ortho intramolecular Hbond substituents is 1. The minimum absolute atomic E-state index is 0.0688. The molecule has 0 heterocycles. The van der Waals surface area contributed by atoms with Crippen LogP contribution in [0.25, 0.3) is 0 Å². The van der Waals surface area contributed by atoms with Gasteiger partial charge in [0.2, 0.25) is 0 Å². The average Bonchev–Trinajstić information content (AvgIpc) is 2.70. The summed E-state index contributed by atoms with van der Waals surface area (Å²) in [6, 6.07) is 18.0. The van der Waals surface area contributed by atoms with Crippen molar-refractivity contribution in [3.63, 3.8) is 0 Å². The Morgan fingerprint density at radius 1 is 1.07 bits per heavy atom. The van der Waals surface area contributed by atoms with Gasteiger partial charge < -0.3 is 9.84 Å². The molecule has 3 aromatic carbocycles. The molecule has 3 rings (SSSR count). The molecule has 0 saturated carbocycles. The van der Waals surface area contributed by atoms with E-state index < -0.39 is 11.9 Å². The van der Waals surface area contributed by atoms with Gasteiger partial charge in [-0.25, -0.2) is 10.2 Å². The molecule has 2 N–H and O–H groups in total. The minimum Gasteiger partial charge on any atom is -0.508 e. The van der Waals surface area contributed by atoms with Crippen molar-refractivity contribution in [2.45, 2.75) is 6.92 Å². The molecule has 3 aromatic rings. The van der Waals surface area contributed by atoms with E-state index in [1.807, 2.05) is 19.1 Å². The average molecular weight is 453 g/mol. The predicted octanol–water partition coefficient (Wildman–Crippen LogP) is 4.45. The molecule has 0 atom stereocenters. The molecule has 1 amide bonds. The lowest BCUT2D eigenvalue weighted by atomic mass is 10.1. The van der Waals surface area contributed by atoms with Gasteiger partial charge in [-0.1, -0.05) is 34.1 Å². The third-order valence-corrected chi connectivity index (χ3v) is 4.53. The lowest BCUT2D eigenvalue weighted by Crippen LogP contribution is -2.17. The summed E-state index contributed by atoms with van der Waals surface area (Å²) in [5, 5.41) is 13.2. The van der Waals surface area contributed by atoms with Gasteiger partial charge in [0.1, 0.15) is 11.5 Å². The highest BCUT2D eigenvalue weighted by Crippen LogP contribution is 2.23. The maximum absolute atomic E-state index is 12.5. The Hall–Kier alpha value is -3.45. The van der Waals surface area contributed by atoms with Crippen LogP contribution in [-0.2, 0) is 0 Å². The third kappa shape index (κ3) is 5.30. The minimum atomic E-state index is -0.479. The molecule has 0 unspecified atom stereocenters. The van der Waals surface area contributed by atoms with Crippen molar-refractivity contribution in [1.82, 2.24) is 5.43 Å². The number of phenols is 1. The fraction of sp³-hybridized carbons (Fsp3) is 0.0455. The van der Waals surface area contributed by atoms with Crippen molar-refractivity contribution < 1.29 is 19.4 Å². The van der Waals surface area contributed by atoms with Crippen LogP contribution in [0.3, 0.4) is 0 Å². The molecule has 0 fully saturated rings. The number of aromatic hydroxyl groups is 1. The van der Waals surface area contributed by atoms with E-state index in [1.165, 1.54) is 30.5 Å². The number of esters is 1. The molecule has 29 heavy (non-hydrogen) atoms. The molecule has 0 aliphatic heterocycles. The summed E-state index contributed by atoms with van der Waals surface area (Å²) >= 11 is 3.37. The maximum Gasteiger partial charge on any atom is 0.343 e. The van der Waals surface area contributed by atoms with Crippen molar-refractivity contribution in [2.24, 2.45) is 5.10 Å². The Kier molecular flexibility index (Phi) is 6.41. The number of rotatable bonds is 5. The van der Waals surface area contributed by atoms with Crippen molar-refractivity contribution in [3.8, 4) is 11.5 Å². The summed E-state index contributed by atoms with van der Waals surface area (Å²) in [5.74, 6) is -0.536. The van der Waals surface area contributed by atoms with Crippen molar-refractivity contribution >= 4 is 34.0 Å². The molecule has 0 aliphatic carbocycles. The third-order valence-electron chi connectivity index (χ3n) is 4.04. The number of benzene rings is 3. The van der Waals surface area contributed by atoms with E-state index in [4.69, 9.17) is 4.74 Å². The van der Waals surface area contributed by atoms with E-state index in [1.54, 1.807) is 30.3 Å². The van der Waals surface area contributed by atoms with Gasteiger partial charge in [-0.05, 0) is 61.0 Å². The summed E-state index contributed by atoms with van der Waals surface area (Å²) in [6.45, 7) is 1.83. The normalized spacial score (nSPS) is 10.7. The van der Waals surface area contributed by atoms with E-state index in [0.29, 0.717) is 22.4 Å². The molecule has 0 bridgehead atoms. The lowest BCUT2D eigenvalue weighted by Gasteiger charge is -2.09. The standard InChI is InChI=1S/C22H17BrN2O4/c1-14-4-2-3-5-19(14)22(28)29-20-11-8-17(23)12-16(20)13-24-25-21(27)15-6-9-18(26)10-7-15/h2-13,26H,1H3,(H,25,27)/b24-13+. The number of ether oxygens (including phenoxy) is 1. The largest absolute Gasteiger partial charge is 0.508 e. The van der Waals surface area contributed by atoms with Gasteiger partial charge in [0.25, 0.3) is 5.91 Å². The SMILES string of the molecule is Cc1ccccc1C(=O)Oc1ccc(Br)cc1/C=N/NC(=O)c1ccc(O)cc1. The van der Waals surface area contributed by atoms with Crippen molar-refractivity contribution in [3.05, 3.63) is 93.5 Å². The van der Waals surface area contributed by atoms with Crippen LogP contribution in [0.15, 0.2) is 76.3 Å². The first-order valence-corrected chi connectivity index (χ1v) is 9.43. The number of hydrazone groups is 1. The highest BCUT2D eigenvalue weighted by atomic mass is 79.9. The molecule has 0 saturated heterocycles. The number of carbonyl (C=O) groups is 2. The molecule has 0 aromatic heterocycles. The van der Waals surface area contributed by atoms with Crippen molar-refractivity contribution in [2.75, 3.05) is 0 Å². The summed E-state index contributed by atoms with van der Waals surface area (Å²) in [6.07, 6.45) is 1.39. The number of carbonyl (C=O) groups excluding carboxylic acids is 2. The van der Waals surface area contributed by atoms with Gasteiger partial charge in [-0.15, -0.1) is 0 Å². The van der Waals surface area contributed by atoms with Crippen LogP contribution < -0.4 is 10.2 Å². The molecule has 0 spiro atoms. The highest BCUT2D eigenvalue weighted by molar-refractivity contribution is 9.10. The number of aryl methyl sites for hydroxylation is 1. The Morgan fingerprint density at radius 2 is 1.79 bits per heavy atom. The predicted molar refractivity (Wildman–Crippen MR) is 113 cm³/mol. The van der Waals surface area contributed by atoms with Crippen LogP contribution in [0.5, 0.6) is 11.5 Å². The fourth-order valence-corrected chi connectivity index (χ4v) is 2.89. The first-order valence-electron chi connectivity index (χ1n) is 8.64. The molecule has 146 valence electrons. The second kappa shape index (κ2) is 9.16. The van der Waals surface area contributed by atoms with Crippen LogP contribution >= 0.6 is 15.9 Å². The maximum atomic E-state index is 12.5. The van der Waals surface area contributed by atoms with Crippen LogP contribution in [0.2, 0.25) is 0 Å². The number of hydrogen-bond donors (Lipinski definition) is 2. The fourth-order valence-electron chi connectivity index (χ4n) is 2.51.